The molecule has 2 heterocycles. The molecule has 0 amide bonds. The maximum Gasteiger partial charge on any atom is 0.136 e. The molecule has 2 bridgehead atoms. The first-order valence-electron chi connectivity index (χ1n) is 8.50. The van der Waals surface area contributed by atoms with Gasteiger partial charge in [0, 0.05) is 24.9 Å². The molecule has 0 aromatic rings. The minimum atomic E-state index is 0.525. The van der Waals surface area contributed by atoms with Crippen LogP contribution in [0.4, 0.5) is 0 Å². The van der Waals surface area contributed by atoms with E-state index in [9.17, 15) is 4.79 Å². The Morgan fingerprint density at radius 3 is 2.42 bits per heavy atom. The number of hydrogen-bond acceptors (Lipinski definition) is 2. The number of carbonyl (C=O) groups excluding carboxylic acids is 1. The highest BCUT2D eigenvalue weighted by Crippen LogP contribution is 2.35. The minimum absolute atomic E-state index is 0.525. The van der Waals surface area contributed by atoms with Crippen molar-refractivity contribution < 1.29 is 4.79 Å². The quantitative estimate of drug-likeness (QED) is 0.772. The zero-order chi connectivity index (χ0) is 13.2. The summed E-state index contributed by atoms with van der Waals surface area (Å²) in [6.45, 7) is 3.68. The lowest BCUT2D eigenvalue weighted by atomic mass is 9.79. The standard InChI is InChI=1S/C17H29NO/c1-13-4-2-5-14(10-13)8-9-18-15-6-3-7-16(18)12-17(19)11-15/h13-16H,2-12H2,1H3. The molecule has 3 aliphatic rings. The summed E-state index contributed by atoms with van der Waals surface area (Å²) in [5.41, 5.74) is 0. The van der Waals surface area contributed by atoms with Gasteiger partial charge < -0.3 is 0 Å². The lowest BCUT2D eigenvalue weighted by Gasteiger charge is -2.46. The second kappa shape index (κ2) is 5.95. The molecule has 0 N–H and O–H groups in total. The van der Waals surface area contributed by atoms with Crippen molar-refractivity contribution in [2.45, 2.75) is 83.2 Å². The number of fused-ring (bicyclic) bond motifs is 2. The van der Waals surface area contributed by atoms with E-state index >= 15 is 0 Å². The number of carbonyl (C=O) groups is 1. The third kappa shape index (κ3) is 3.21. The Morgan fingerprint density at radius 2 is 1.74 bits per heavy atom. The summed E-state index contributed by atoms with van der Waals surface area (Å²) in [6, 6.07) is 1.20. The molecular weight excluding hydrogens is 234 g/mol. The molecule has 2 aliphatic heterocycles. The first-order chi connectivity index (χ1) is 9.22. The van der Waals surface area contributed by atoms with E-state index in [4.69, 9.17) is 0 Å². The highest BCUT2D eigenvalue weighted by molar-refractivity contribution is 5.80. The predicted octanol–water partition coefficient (Wildman–Crippen LogP) is 3.79. The summed E-state index contributed by atoms with van der Waals surface area (Å²) in [5, 5.41) is 0. The maximum absolute atomic E-state index is 11.7. The summed E-state index contributed by atoms with van der Waals surface area (Å²) in [7, 11) is 0. The number of hydrogen-bond donors (Lipinski definition) is 0. The van der Waals surface area contributed by atoms with Crippen LogP contribution in [-0.4, -0.2) is 29.3 Å². The van der Waals surface area contributed by atoms with Crippen LogP contribution >= 0.6 is 0 Å². The van der Waals surface area contributed by atoms with Gasteiger partial charge in [0.15, 0.2) is 0 Å². The Morgan fingerprint density at radius 1 is 1.05 bits per heavy atom. The molecule has 1 saturated carbocycles. The van der Waals surface area contributed by atoms with Crippen molar-refractivity contribution in [3.05, 3.63) is 0 Å². The van der Waals surface area contributed by atoms with E-state index < -0.39 is 0 Å². The van der Waals surface area contributed by atoms with Crippen LogP contribution in [0, 0.1) is 11.8 Å². The normalized spacial score (nSPS) is 40.4. The van der Waals surface area contributed by atoms with Crippen LogP contribution in [0.5, 0.6) is 0 Å². The average molecular weight is 263 g/mol. The first kappa shape index (κ1) is 13.6. The second-order valence-electron chi connectivity index (χ2n) is 7.35. The molecular formula is C17H29NO. The number of piperidine rings is 2. The van der Waals surface area contributed by atoms with Crippen LogP contribution in [0.2, 0.25) is 0 Å². The van der Waals surface area contributed by atoms with Gasteiger partial charge in [-0.2, -0.15) is 0 Å². The molecule has 3 rings (SSSR count). The Labute approximate surface area is 117 Å². The van der Waals surface area contributed by atoms with E-state index in [1.165, 1.54) is 57.9 Å². The number of nitrogens with zero attached hydrogens (tertiary/aromatic N) is 1. The molecule has 2 saturated heterocycles. The topological polar surface area (TPSA) is 20.3 Å². The molecule has 19 heavy (non-hydrogen) atoms. The smallest absolute Gasteiger partial charge is 0.136 e. The van der Waals surface area contributed by atoms with Gasteiger partial charge in [-0.3, -0.25) is 9.69 Å². The summed E-state index contributed by atoms with van der Waals surface area (Å²) in [5.74, 6) is 2.43. The van der Waals surface area contributed by atoms with Crippen molar-refractivity contribution in [3.8, 4) is 0 Å². The number of ketones is 1. The molecule has 0 radical (unpaired) electrons. The summed E-state index contributed by atoms with van der Waals surface area (Å²) in [6.07, 6.45) is 12.7. The van der Waals surface area contributed by atoms with Gasteiger partial charge in [0.1, 0.15) is 5.78 Å². The summed E-state index contributed by atoms with van der Waals surface area (Å²) >= 11 is 0. The van der Waals surface area contributed by atoms with Crippen molar-refractivity contribution in [2.75, 3.05) is 6.54 Å². The van der Waals surface area contributed by atoms with Crippen LogP contribution < -0.4 is 0 Å². The fourth-order valence-corrected chi connectivity index (χ4v) is 4.79. The molecule has 2 nitrogen and oxygen atoms in total. The Hall–Kier alpha value is -0.370. The first-order valence-corrected chi connectivity index (χ1v) is 8.50. The Kier molecular flexibility index (Phi) is 4.26. The lowest BCUT2D eigenvalue weighted by molar-refractivity contribution is -0.127. The molecule has 0 aromatic heterocycles. The molecule has 108 valence electrons. The predicted molar refractivity (Wildman–Crippen MR) is 78.1 cm³/mol. The highest BCUT2D eigenvalue weighted by Gasteiger charge is 2.37. The molecule has 1 aliphatic carbocycles. The highest BCUT2D eigenvalue weighted by atomic mass is 16.1. The largest absolute Gasteiger partial charge is 0.300 e. The average Bonchev–Trinajstić information content (AvgIpc) is 2.36. The second-order valence-corrected chi connectivity index (χ2v) is 7.35. The molecule has 4 atom stereocenters. The van der Waals surface area contributed by atoms with Crippen molar-refractivity contribution in [2.24, 2.45) is 11.8 Å². The fraction of sp³-hybridized carbons (Fsp3) is 0.941. The van der Waals surface area contributed by atoms with E-state index in [1.54, 1.807) is 0 Å². The van der Waals surface area contributed by atoms with E-state index in [-0.39, 0.29) is 0 Å². The summed E-state index contributed by atoms with van der Waals surface area (Å²) < 4.78 is 0. The number of Topliss-reactive ketones (excluding diaryl/α,β-unsaturated/α-hetero) is 1. The SMILES string of the molecule is CC1CCCC(CCN2C3CCCC2CC(=O)C3)C1. The Balaban J connectivity index is 1.53. The van der Waals surface area contributed by atoms with Gasteiger partial charge in [-0.05, 0) is 44.1 Å². The lowest BCUT2D eigenvalue weighted by Crippen LogP contribution is -2.52. The Bertz CT molecular complexity index is 311. The van der Waals surface area contributed by atoms with E-state index in [1.807, 2.05) is 0 Å². The van der Waals surface area contributed by atoms with Crippen molar-refractivity contribution in [3.63, 3.8) is 0 Å². The molecule has 2 heteroatoms. The van der Waals surface area contributed by atoms with Gasteiger partial charge in [-0.15, -0.1) is 0 Å². The molecule has 0 aromatic carbocycles. The van der Waals surface area contributed by atoms with Gasteiger partial charge in [0.25, 0.3) is 0 Å². The summed E-state index contributed by atoms with van der Waals surface area (Å²) in [4.78, 5) is 14.5. The van der Waals surface area contributed by atoms with E-state index in [0.717, 1.165) is 24.7 Å². The van der Waals surface area contributed by atoms with Gasteiger partial charge in [-0.25, -0.2) is 0 Å². The van der Waals surface area contributed by atoms with Crippen molar-refractivity contribution in [1.29, 1.82) is 0 Å². The molecule has 0 spiro atoms. The number of rotatable bonds is 3. The van der Waals surface area contributed by atoms with Gasteiger partial charge in [-0.1, -0.05) is 32.6 Å². The van der Waals surface area contributed by atoms with Crippen LogP contribution in [0.25, 0.3) is 0 Å². The van der Waals surface area contributed by atoms with Crippen molar-refractivity contribution >= 4 is 5.78 Å². The zero-order valence-corrected chi connectivity index (χ0v) is 12.4. The minimum Gasteiger partial charge on any atom is -0.300 e. The molecule has 3 fully saturated rings. The monoisotopic (exact) mass is 263 g/mol. The van der Waals surface area contributed by atoms with Gasteiger partial charge in [0.05, 0.1) is 0 Å². The molecule has 4 unspecified atom stereocenters. The van der Waals surface area contributed by atoms with Crippen LogP contribution in [0.15, 0.2) is 0 Å². The third-order valence-electron chi connectivity index (χ3n) is 5.78. The van der Waals surface area contributed by atoms with Gasteiger partial charge >= 0.3 is 0 Å². The van der Waals surface area contributed by atoms with Crippen LogP contribution in [-0.2, 0) is 4.79 Å². The fourth-order valence-electron chi connectivity index (χ4n) is 4.79. The van der Waals surface area contributed by atoms with Crippen LogP contribution in [0.1, 0.15) is 71.1 Å². The van der Waals surface area contributed by atoms with Crippen molar-refractivity contribution in [1.82, 2.24) is 4.90 Å². The van der Waals surface area contributed by atoms with Gasteiger partial charge in [0.2, 0.25) is 0 Å². The van der Waals surface area contributed by atoms with Crippen LogP contribution in [0.3, 0.4) is 0 Å². The van der Waals surface area contributed by atoms with E-state index in [2.05, 4.69) is 11.8 Å². The maximum atomic E-state index is 11.7. The zero-order valence-electron chi connectivity index (χ0n) is 12.4. The van der Waals surface area contributed by atoms with E-state index in [0.29, 0.717) is 17.9 Å². The third-order valence-corrected chi connectivity index (χ3v) is 5.78.